The summed E-state index contributed by atoms with van der Waals surface area (Å²) in [5.74, 6) is 0. The molecule has 0 spiro atoms. The number of rotatable bonds is 0. The molecule has 0 heterocycles. The van der Waals surface area contributed by atoms with E-state index in [0.29, 0.717) is 0 Å². The van der Waals surface area contributed by atoms with Crippen LogP contribution >= 0.6 is 0 Å². The molecule has 0 aromatic rings. The summed E-state index contributed by atoms with van der Waals surface area (Å²) in [5.41, 5.74) is 0. The Morgan fingerprint density at radius 1 is 1.25 bits per heavy atom. The fourth-order valence-corrected chi connectivity index (χ4v) is 0. The monoisotopic (exact) mass is 152 g/mol. The van der Waals surface area contributed by atoms with Crippen molar-refractivity contribution in [2.24, 2.45) is 0 Å². The van der Waals surface area contributed by atoms with Crippen molar-refractivity contribution in [3.8, 4) is 0 Å². The normalized spacial score (nSPS) is 2.00. The molecule has 0 fully saturated rings. The van der Waals surface area contributed by atoms with Crippen LogP contribution in [0.2, 0.25) is 0 Å². The second-order valence-corrected chi connectivity index (χ2v) is 0. The first kappa shape index (κ1) is 18.3. The molecule has 0 bridgehead atoms. The second-order valence-electron chi connectivity index (χ2n) is 0. The first-order valence-electron chi connectivity index (χ1n) is 1.00. The molecule has 0 rings (SSSR count). The van der Waals surface area contributed by atoms with E-state index in [4.69, 9.17) is 0 Å². The van der Waals surface area contributed by atoms with Gasteiger partial charge in [0.05, 0.1) is 7.44 Å². The molecular formula is H12AlBGeSi. The average Bonchev–Trinajstić information content (AvgIpc) is 1.00. The van der Waals surface area contributed by atoms with Crippen LogP contribution in [0.4, 0.5) is 0 Å². The molecule has 0 aliphatic heterocycles. The van der Waals surface area contributed by atoms with Gasteiger partial charge in [-0.2, -0.15) is 0 Å². The first-order chi connectivity index (χ1) is 1.00. The van der Waals surface area contributed by atoms with E-state index >= 15 is 0 Å². The van der Waals surface area contributed by atoms with Crippen molar-refractivity contribution in [2.75, 3.05) is 0 Å². The molecular weight excluding hydrogens is 138 g/mol. The molecule has 0 saturated heterocycles. The van der Waals surface area contributed by atoms with Gasteiger partial charge in [0.25, 0.3) is 0 Å². The van der Waals surface area contributed by atoms with Crippen LogP contribution in [0.5, 0.6) is 0 Å². The van der Waals surface area contributed by atoms with Crippen LogP contribution < -0.4 is 0 Å². The maximum absolute atomic E-state index is 2.14. The molecule has 4 heavy (non-hydrogen) atoms. The van der Waals surface area contributed by atoms with Crippen LogP contribution in [-0.4, -0.2) is 52.5 Å². The summed E-state index contributed by atoms with van der Waals surface area (Å²) in [5, 5.41) is 0. The summed E-state index contributed by atoms with van der Waals surface area (Å²) in [4.78, 5) is 0. The third kappa shape index (κ3) is 10.1. The van der Waals surface area contributed by atoms with Crippen molar-refractivity contribution in [1.29, 1.82) is 0 Å². The van der Waals surface area contributed by atoms with Gasteiger partial charge in [-0.05, 0) is 10.1 Å². The van der Waals surface area contributed by atoms with Gasteiger partial charge in [0.15, 0.2) is 17.4 Å². The Hall–Kier alpha value is 1.36. The van der Waals surface area contributed by atoms with Gasteiger partial charge in [0.1, 0.15) is 0 Å². The van der Waals surface area contributed by atoms with E-state index in [1.165, 1.54) is 10.1 Å². The van der Waals surface area contributed by atoms with E-state index < -0.39 is 0 Å². The van der Waals surface area contributed by atoms with Gasteiger partial charge in [-0.3, -0.25) is 0 Å². The predicted molar refractivity (Wildman–Crippen MR) is 39.8 cm³/mol. The summed E-state index contributed by atoms with van der Waals surface area (Å²) < 4.78 is 0. The fraction of sp³-hybridized carbons (Fsp3) is 0. The third-order valence-electron chi connectivity index (χ3n) is 0. The summed E-state index contributed by atoms with van der Waals surface area (Å²) in [6.45, 7) is 0. The van der Waals surface area contributed by atoms with Crippen molar-refractivity contribution >= 4 is 52.5 Å². The van der Waals surface area contributed by atoms with Gasteiger partial charge in [-0.1, -0.05) is 0 Å². The van der Waals surface area contributed by atoms with Crippen LogP contribution in [-0.2, 0) is 0 Å². The topological polar surface area (TPSA) is 0 Å². The minimum atomic E-state index is 0. The van der Waals surface area contributed by atoms with E-state index in [2.05, 4.69) is 7.44 Å². The molecule has 0 saturated carbocycles. The third-order valence-corrected chi connectivity index (χ3v) is 0. The zero-order valence-electron chi connectivity index (χ0n) is 2.00. The second kappa shape index (κ2) is 26.7. The van der Waals surface area contributed by atoms with E-state index in [1.807, 2.05) is 0 Å². The fourth-order valence-electron chi connectivity index (χ4n) is 0. The Kier molecular flexibility index (Phi) is 122. The van der Waals surface area contributed by atoms with E-state index in [0.717, 1.165) is 0 Å². The van der Waals surface area contributed by atoms with Crippen LogP contribution in [0.3, 0.4) is 0 Å². The van der Waals surface area contributed by atoms with E-state index in [1.54, 1.807) is 0 Å². The molecule has 0 aliphatic rings. The van der Waals surface area contributed by atoms with Gasteiger partial charge < -0.3 is 0 Å². The Balaban J connectivity index is -0.00000000500. The first-order valence-corrected chi connectivity index (χ1v) is 3.00. The molecule has 0 nitrogen and oxygen atoms in total. The van der Waals surface area contributed by atoms with Gasteiger partial charge in [0, 0.05) is 0 Å². The summed E-state index contributed by atoms with van der Waals surface area (Å²) in [6, 6.07) is 0. The molecule has 26 valence electrons. The molecule has 4 heteroatoms. The quantitative estimate of drug-likeness (QED) is 0.305. The minimum absolute atomic E-state index is 0. The maximum atomic E-state index is 2.14. The van der Waals surface area contributed by atoms with Crippen LogP contribution in [0.15, 0.2) is 0 Å². The molecule has 0 radical (unpaired) electrons. The van der Waals surface area contributed by atoms with Crippen molar-refractivity contribution in [3.05, 3.63) is 0 Å². The molecule has 0 aromatic heterocycles. The molecule has 0 amide bonds. The summed E-state index contributed by atoms with van der Waals surface area (Å²) in [7, 11) is 3.44. The van der Waals surface area contributed by atoms with Crippen molar-refractivity contribution in [2.45, 2.75) is 0 Å². The Labute approximate surface area is 52.6 Å². The molecule has 0 aliphatic carbocycles. The van der Waals surface area contributed by atoms with Gasteiger partial charge in [0.2, 0.25) is 0 Å². The Bertz CT molecular complexity index is 8.00. The van der Waals surface area contributed by atoms with Crippen molar-refractivity contribution in [3.63, 3.8) is 0 Å². The SMILES string of the molecule is B[SiH3].[AlH3].[GeH4]. The zero-order chi connectivity index (χ0) is 2.00. The standard InChI is InChI=1S/Al.BH5Si.GeH4.3H/c;1-2;;;;/h;1H2,2H3;1H4;;;. The zero-order valence-corrected chi connectivity index (χ0v) is 4.00. The van der Waals surface area contributed by atoms with Gasteiger partial charge in [-0.25, -0.2) is 0 Å². The van der Waals surface area contributed by atoms with Crippen molar-refractivity contribution in [1.82, 2.24) is 0 Å². The molecule has 0 N–H and O–H groups in total. The Morgan fingerprint density at radius 3 is 1.25 bits per heavy atom. The van der Waals surface area contributed by atoms with Crippen LogP contribution in [0.1, 0.15) is 0 Å². The van der Waals surface area contributed by atoms with Gasteiger partial charge in [-0.15, -0.1) is 0 Å². The van der Waals surface area contributed by atoms with Crippen LogP contribution in [0, 0.1) is 0 Å². The Morgan fingerprint density at radius 2 is 1.25 bits per heavy atom. The molecule has 0 aromatic carbocycles. The molecule has 0 unspecified atom stereocenters. The summed E-state index contributed by atoms with van der Waals surface area (Å²) in [6.07, 6.45) is 0. The van der Waals surface area contributed by atoms with Gasteiger partial charge >= 0.3 is 17.6 Å². The van der Waals surface area contributed by atoms with E-state index in [9.17, 15) is 0 Å². The summed E-state index contributed by atoms with van der Waals surface area (Å²) >= 11 is 0. The predicted octanol–water partition coefficient (Wildman–Crippen LogP) is -4.74. The average molecular weight is 151 g/mol. The number of hydrogen-bond donors (Lipinski definition) is 0. The van der Waals surface area contributed by atoms with Crippen LogP contribution in [0.25, 0.3) is 0 Å². The number of hydrogen-bond acceptors (Lipinski definition) is 0. The molecule has 0 atom stereocenters. The van der Waals surface area contributed by atoms with Crippen molar-refractivity contribution < 1.29 is 0 Å². The van der Waals surface area contributed by atoms with E-state index in [-0.39, 0.29) is 35.0 Å².